The van der Waals surface area contributed by atoms with Gasteiger partial charge in [-0.15, -0.1) is 0 Å². The molecule has 0 bridgehead atoms. The summed E-state index contributed by atoms with van der Waals surface area (Å²) < 4.78 is 11.7. The predicted molar refractivity (Wildman–Crippen MR) is 79.6 cm³/mol. The van der Waals surface area contributed by atoms with Crippen LogP contribution >= 0.6 is 15.9 Å². The first kappa shape index (κ1) is 14.2. The van der Waals surface area contributed by atoms with Gasteiger partial charge in [-0.3, -0.25) is 9.59 Å². The number of rotatable bonds is 3. The van der Waals surface area contributed by atoms with Gasteiger partial charge < -0.3 is 19.7 Å². The van der Waals surface area contributed by atoms with E-state index in [0.29, 0.717) is 47.8 Å². The summed E-state index contributed by atoms with van der Waals surface area (Å²) in [5, 5.41) is 2.79. The van der Waals surface area contributed by atoms with Crippen LogP contribution < -0.4 is 14.8 Å². The Morgan fingerprint density at radius 2 is 2.00 bits per heavy atom. The molecule has 2 aliphatic heterocycles. The lowest BCUT2D eigenvalue weighted by atomic mass is 10.2. The number of amides is 2. The van der Waals surface area contributed by atoms with E-state index in [0.717, 1.165) is 6.42 Å². The minimum Gasteiger partial charge on any atom is -0.486 e. The number of hydrogen-bond donors (Lipinski definition) is 1. The summed E-state index contributed by atoms with van der Waals surface area (Å²) in [5.74, 6) is 1.08. The maximum absolute atomic E-state index is 12.0. The molecular weight excluding hydrogens is 340 g/mol. The van der Waals surface area contributed by atoms with E-state index in [1.54, 1.807) is 17.0 Å². The summed E-state index contributed by atoms with van der Waals surface area (Å²) in [4.78, 5) is 25.1. The number of nitrogens with zero attached hydrogens (tertiary/aromatic N) is 1. The summed E-state index contributed by atoms with van der Waals surface area (Å²) in [7, 11) is 0. The van der Waals surface area contributed by atoms with Gasteiger partial charge in [0, 0.05) is 29.6 Å². The molecule has 2 amide bonds. The second-order valence-electron chi connectivity index (χ2n) is 4.94. The highest BCUT2D eigenvalue weighted by molar-refractivity contribution is 9.10. The van der Waals surface area contributed by atoms with Gasteiger partial charge in [-0.25, -0.2) is 0 Å². The fourth-order valence-corrected chi connectivity index (χ4v) is 2.82. The molecule has 0 atom stereocenters. The first-order valence-electron chi connectivity index (χ1n) is 6.80. The Kier molecular flexibility index (Phi) is 4.01. The summed E-state index contributed by atoms with van der Waals surface area (Å²) in [6, 6.07) is 3.49. The van der Waals surface area contributed by atoms with E-state index in [1.165, 1.54) is 0 Å². The lowest BCUT2D eigenvalue weighted by Gasteiger charge is -2.20. The molecule has 1 saturated heterocycles. The number of carbonyl (C=O) groups excluding carboxylic acids is 2. The predicted octanol–water partition coefficient (Wildman–Crippen LogP) is 1.78. The van der Waals surface area contributed by atoms with Crippen molar-refractivity contribution in [3.63, 3.8) is 0 Å². The average Bonchev–Trinajstić information content (AvgIpc) is 2.85. The molecule has 2 heterocycles. The number of anilines is 1. The van der Waals surface area contributed by atoms with Crippen molar-refractivity contribution in [1.82, 2.24) is 4.90 Å². The van der Waals surface area contributed by atoms with Gasteiger partial charge in [0.2, 0.25) is 11.8 Å². The third-order valence-corrected chi connectivity index (χ3v) is 4.07. The van der Waals surface area contributed by atoms with Gasteiger partial charge in [0.05, 0.1) is 12.2 Å². The number of carbonyl (C=O) groups is 2. The van der Waals surface area contributed by atoms with Crippen LogP contribution in [0.15, 0.2) is 16.6 Å². The van der Waals surface area contributed by atoms with Crippen LogP contribution in [0.4, 0.5) is 5.69 Å². The van der Waals surface area contributed by atoms with Gasteiger partial charge >= 0.3 is 0 Å². The molecule has 0 unspecified atom stereocenters. The Balaban J connectivity index is 1.69. The standard InChI is InChI=1S/C14H15BrN2O4/c15-9-6-11-12(21-5-4-20-11)7-10(9)16-13(18)8-17-3-1-2-14(17)19/h6-7H,1-5,8H2,(H,16,18). The SMILES string of the molecule is O=C(CN1CCCC1=O)Nc1cc2c(cc1Br)OCCO2. The van der Waals surface area contributed by atoms with Crippen LogP contribution in [0.25, 0.3) is 0 Å². The molecule has 0 aliphatic carbocycles. The Bertz CT molecular complexity index is 591. The molecular formula is C14H15BrN2O4. The smallest absolute Gasteiger partial charge is 0.244 e. The highest BCUT2D eigenvalue weighted by atomic mass is 79.9. The first-order valence-corrected chi connectivity index (χ1v) is 7.59. The van der Waals surface area contributed by atoms with Crippen LogP contribution in [0, 0.1) is 0 Å². The van der Waals surface area contributed by atoms with E-state index in [4.69, 9.17) is 9.47 Å². The van der Waals surface area contributed by atoms with Crippen LogP contribution in [-0.2, 0) is 9.59 Å². The Morgan fingerprint density at radius 1 is 1.29 bits per heavy atom. The van der Waals surface area contributed by atoms with E-state index in [1.807, 2.05) is 0 Å². The molecule has 0 aromatic heterocycles. The third-order valence-electron chi connectivity index (χ3n) is 3.41. The van der Waals surface area contributed by atoms with Crippen molar-refractivity contribution in [2.75, 3.05) is 31.6 Å². The highest BCUT2D eigenvalue weighted by Crippen LogP contribution is 2.38. The van der Waals surface area contributed by atoms with Gasteiger partial charge in [-0.1, -0.05) is 0 Å². The lowest BCUT2D eigenvalue weighted by molar-refractivity contribution is -0.131. The van der Waals surface area contributed by atoms with Crippen molar-refractivity contribution in [2.24, 2.45) is 0 Å². The summed E-state index contributed by atoms with van der Waals surface area (Å²) in [5.41, 5.74) is 0.607. The van der Waals surface area contributed by atoms with Gasteiger partial charge in [0.25, 0.3) is 0 Å². The zero-order valence-electron chi connectivity index (χ0n) is 11.4. The van der Waals surface area contributed by atoms with Crippen molar-refractivity contribution < 1.29 is 19.1 Å². The number of fused-ring (bicyclic) bond motifs is 1. The fraction of sp³-hybridized carbons (Fsp3) is 0.429. The summed E-state index contributed by atoms with van der Waals surface area (Å²) >= 11 is 3.40. The quantitative estimate of drug-likeness (QED) is 0.898. The molecule has 0 radical (unpaired) electrons. The minimum atomic E-state index is -0.220. The largest absolute Gasteiger partial charge is 0.486 e. The van der Waals surface area contributed by atoms with Crippen molar-refractivity contribution >= 4 is 33.4 Å². The van der Waals surface area contributed by atoms with E-state index < -0.39 is 0 Å². The maximum atomic E-state index is 12.0. The molecule has 2 aliphatic rings. The van der Waals surface area contributed by atoms with E-state index in [-0.39, 0.29) is 18.4 Å². The van der Waals surface area contributed by atoms with Gasteiger partial charge in [-0.2, -0.15) is 0 Å². The number of hydrogen-bond acceptors (Lipinski definition) is 4. The molecule has 21 heavy (non-hydrogen) atoms. The van der Waals surface area contributed by atoms with Crippen LogP contribution in [0.3, 0.4) is 0 Å². The molecule has 1 fully saturated rings. The van der Waals surface area contributed by atoms with E-state index in [2.05, 4.69) is 21.2 Å². The van der Waals surface area contributed by atoms with Crippen molar-refractivity contribution in [2.45, 2.75) is 12.8 Å². The Labute approximate surface area is 130 Å². The van der Waals surface area contributed by atoms with Crippen LogP contribution in [0.1, 0.15) is 12.8 Å². The second-order valence-corrected chi connectivity index (χ2v) is 5.80. The number of benzene rings is 1. The zero-order chi connectivity index (χ0) is 14.8. The molecule has 1 aromatic carbocycles. The topological polar surface area (TPSA) is 67.9 Å². The zero-order valence-corrected chi connectivity index (χ0v) is 12.9. The van der Waals surface area contributed by atoms with E-state index >= 15 is 0 Å². The number of nitrogens with one attached hydrogen (secondary N) is 1. The number of halogens is 1. The van der Waals surface area contributed by atoms with Gasteiger partial charge in [0.15, 0.2) is 11.5 Å². The lowest BCUT2D eigenvalue weighted by Crippen LogP contribution is -2.34. The molecule has 112 valence electrons. The first-order chi connectivity index (χ1) is 10.1. The van der Waals surface area contributed by atoms with Crippen molar-refractivity contribution in [1.29, 1.82) is 0 Å². The summed E-state index contributed by atoms with van der Waals surface area (Å²) in [6.45, 7) is 1.74. The molecule has 6 nitrogen and oxygen atoms in total. The fourth-order valence-electron chi connectivity index (χ4n) is 2.39. The number of ether oxygens (including phenoxy) is 2. The second kappa shape index (κ2) is 5.93. The Morgan fingerprint density at radius 3 is 2.67 bits per heavy atom. The number of likely N-dealkylation sites (tertiary alicyclic amines) is 1. The van der Waals surface area contributed by atoms with Gasteiger partial charge in [-0.05, 0) is 22.4 Å². The van der Waals surface area contributed by atoms with Crippen LogP contribution in [-0.4, -0.2) is 43.0 Å². The van der Waals surface area contributed by atoms with E-state index in [9.17, 15) is 9.59 Å². The monoisotopic (exact) mass is 354 g/mol. The van der Waals surface area contributed by atoms with Crippen LogP contribution in [0.5, 0.6) is 11.5 Å². The highest BCUT2D eigenvalue weighted by Gasteiger charge is 2.23. The summed E-state index contributed by atoms with van der Waals surface area (Å²) in [6.07, 6.45) is 1.35. The van der Waals surface area contributed by atoms with Gasteiger partial charge in [0.1, 0.15) is 13.2 Å². The normalized spacial score (nSPS) is 17.0. The molecule has 0 spiro atoms. The van der Waals surface area contributed by atoms with Crippen molar-refractivity contribution in [3.05, 3.63) is 16.6 Å². The Hall–Kier alpha value is -1.76. The van der Waals surface area contributed by atoms with Crippen LogP contribution in [0.2, 0.25) is 0 Å². The molecule has 0 saturated carbocycles. The molecule has 7 heteroatoms. The molecule has 1 N–H and O–H groups in total. The average molecular weight is 355 g/mol. The molecule has 1 aromatic rings. The third kappa shape index (κ3) is 3.12. The minimum absolute atomic E-state index is 0.0337. The van der Waals surface area contributed by atoms with Crippen molar-refractivity contribution in [3.8, 4) is 11.5 Å². The molecule has 3 rings (SSSR count). The maximum Gasteiger partial charge on any atom is 0.244 e.